The number of carbonyl (C=O) groups is 1. The zero-order valence-electron chi connectivity index (χ0n) is 10.0. The first kappa shape index (κ1) is 11.7. The minimum absolute atomic E-state index is 0.217. The number of anilines is 1. The monoisotopic (exact) mass is 272 g/mol. The van der Waals surface area contributed by atoms with Crippen molar-refractivity contribution in [3.8, 4) is 0 Å². The van der Waals surface area contributed by atoms with E-state index in [1.165, 1.54) is 0 Å². The standard InChI is InChI=1S/C13H12N4OS/c18-12(16-10-4-2-1-3-5-10)15-8-11-9-19-13-14-6-7-17(11)13/h1-7,9H,8H2,(H2,15,16,18). The summed E-state index contributed by atoms with van der Waals surface area (Å²) in [5, 5.41) is 7.59. The van der Waals surface area contributed by atoms with E-state index in [0.717, 1.165) is 16.3 Å². The normalized spacial score (nSPS) is 10.5. The Hall–Kier alpha value is -2.34. The van der Waals surface area contributed by atoms with Crippen LogP contribution in [0.25, 0.3) is 4.96 Å². The number of benzene rings is 1. The Kier molecular flexibility index (Phi) is 3.16. The summed E-state index contributed by atoms with van der Waals surface area (Å²) in [6.45, 7) is 0.467. The van der Waals surface area contributed by atoms with Crippen LogP contribution in [-0.4, -0.2) is 15.4 Å². The Morgan fingerprint density at radius 2 is 2.16 bits per heavy atom. The lowest BCUT2D eigenvalue weighted by molar-refractivity contribution is 0.251. The van der Waals surface area contributed by atoms with Gasteiger partial charge in [0.05, 0.1) is 12.2 Å². The van der Waals surface area contributed by atoms with Gasteiger partial charge in [-0.25, -0.2) is 9.78 Å². The molecule has 0 aliphatic heterocycles. The van der Waals surface area contributed by atoms with Gasteiger partial charge in [0, 0.05) is 23.5 Å². The molecule has 96 valence electrons. The molecule has 0 spiro atoms. The number of rotatable bonds is 3. The summed E-state index contributed by atoms with van der Waals surface area (Å²) < 4.78 is 1.97. The maximum atomic E-state index is 11.7. The van der Waals surface area contributed by atoms with Crippen molar-refractivity contribution in [2.24, 2.45) is 0 Å². The minimum Gasteiger partial charge on any atom is -0.332 e. The number of para-hydroxylation sites is 1. The summed E-state index contributed by atoms with van der Waals surface area (Å²) in [6, 6.07) is 9.14. The number of thiazole rings is 1. The topological polar surface area (TPSA) is 58.4 Å². The van der Waals surface area contributed by atoms with E-state index >= 15 is 0 Å². The molecule has 0 unspecified atom stereocenters. The van der Waals surface area contributed by atoms with Crippen LogP contribution in [-0.2, 0) is 6.54 Å². The van der Waals surface area contributed by atoms with Crippen molar-refractivity contribution >= 4 is 28.0 Å². The first-order valence-electron chi connectivity index (χ1n) is 5.82. The van der Waals surface area contributed by atoms with E-state index in [9.17, 15) is 4.79 Å². The number of aromatic nitrogens is 2. The Balaban J connectivity index is 1.60. The molecule has 2 N–H and O–H groups in total. The van der Waals surface area contributed by atoms with Crippen molar-refractivity contribution in [1.82, 2.24) is 14.7 Å². The highest BCUT2D eigenvalue weighted by molar-refractivity contribution is 7.15. The molecule has 0 aliphatic rings. The molecule has 19 heavy (non-hydrogen) atoms. The zero-order valence-corrected chi connectivity index (χ0v) is 10.9. The lowest BCUT2D eigenvalue weighted by atomic mass is 10.3. The number of nitrogens with zero attached hydrogens (tertiary/aromatic N) is 2. The zero-order chi connectivity index (χ0) is 13.1. The molecule has 2 aromatic heterocycles. The molecule has 0 saturated heterocycles. The fraction of sp³-hybridized carbons (Fsp3) is 0.0769. The molecular weight excluding hydrogens is 260 g/mol. The predicted octanol–water partition coefficient (Wildman–Crippen LogP) is 2.72. The minimum atomic E-state index is -0.217. The molecule has 2 heterocycles. The molecule has 0 fully saturated rings. The fourth-order valence-corrected chi connectivity index (χ4v) is 2.62. The average Bonchev–Trinajstić information content (AvgIpc) is 3.01. The Bertz CT molecular complexity index is 689. The van der Waals surface area contributed by atoms with Gasteiger partial charge in [0.1, 0.15) is 0 Å². The van der Waals surface area contributed by atoms with Crippen molar-refractivity contribution < 1.29 is 4.79 Å². The summed E-state index contributed by atoms with van der Waals surface area (Å²) in [6.07, 6.45) is 3.64. The lowest BCUT2D eigenvalue weighted by Gasteiger charge is -2.06. The summed E-state index contributed by atoms with van der Waals surface area (Å²) in [5.74, 6) is 0. The Labute approximate surface area is 113 Å². The predicted molar refractivity (Wildman–Crippen MR) is 75.4 cm³/mol. The number of carbonyl (C=O) groups excluding carboxylic acids is 1. The van der Waals surface area contributed by atoms with E-state index in [2.05, 4.69) is 15.6 Å². The Morgan fingerprint density at radius 1 is 1.32 bits per heavy atom. The van der Waals surface area contributed by atoms with Gasteiger partial charge in [-0.1, -0.05) is 18.2 Å². The van der Waals surface area contributed by atoms with Gasteiger partial charge in [-0.05, 0) is 12.1 Å². The van der Waals surface area contributed by atoms with Gasteiger partial charge in [-0.2, -0.15) is 0 Å². The van der Waals surface area contributed by atoms with Crippen LogP contribution in [0, 0.1) is 0 Å². The van der Waals surface area contributed by atoms with Crippen molar-refractivity contribution in [2.75, 3.05) is 5.32 Å². The van der Waals surface area contributed by atoms with E-state index in [1.54, 1.807) is 17.5 Å². The van der Waals surface area contributed by atoms with Crippen molar-refractivity contribution in [3.05, 3.63) is 53.8 Å². The average molecular weight is 272 g/mol. The highest BCUT2D eigenvalue weighted by Crippen LogP contribution is 2.14. The van der Waals surface area contributed by atoms with Gasteiger partial charge < -0.3 is 10.6 Å². The lowest BCUT2D eigenvalue weighted by Crippen LogP contribution is -2.28. The number of imidazole rings is 1. The summed E-state index contributed by atoms with van der Waals surface area (Å²) in [4.78, 5) is 16.9. The van der Waals surface area contributed by atoms with Crippen LogP contribution in [0.4, 0.5) is 10.5 Å². The van der Waals surface area contributed by atoms with Gasteiger partial charge in [0.2, 0.25) is 0 Å². The van der Waals surface area contributed by atoms with Crippen LogP contribution in [0.2, 0.25) is 0 Å². The second-order valence-electron chi connectivity index (χ2n) is 3.98. The molecule has 0 saturated carbocycles. The first-order chi connectivity index (χ1) is 9.33. The quantitative estimate of drug-likeness (QED) is 0.770. The van der Waals surface area contributed by atoms with Crippen LogP contribution in [0.1, 0.15) is 5.69 Å². The molecule has 0 atom stereocenters. The maximum Gasteiger partial charge on any atom is 0.319 e. The third-order valence-electron chi connectivity index (χ3n) is 2.68. The summed E-state index contributed by atoms with van der Waals surface area (Å²) in [7, 11) is 0. The molecule has 0 radical (unpaired) electrons. The molecule has 5 nitrogen and oxygen atoms in total. The second kappa shape index (κ2) is 5.11. The third-order valence-corrected chi connectivity index (χ3v) is 3.58. The van der Waals surface area contributed by atoms with Gasteiger partial charge in [0.25, 0.3) is 0 Å². The first-order valence-corrected chi connectivity index (χ1v) is 6.70. The molecule has 6 heteroatoms. The summed E-state index contributed by atoms with van der Waals surface area (Å²) in [5.41, 5.74) is 1.79. The van der Waals surface area contributed by atoms with E-state index in [-0.39, 0.29) is 6.03 Å². The largest absolute Gasteiger partial charge is 0.332 e. The van der Waals surface area contributed by atoms with Gasteiger partial charge in [0.15, 0.2) is 4.96 Å². The smallest absolute Gasteiger partial charge is 0.319 e. The van der Waals surface area contributed by atoms with E-state index in [1.807, 2.05) is 46.3 Å². The number of hydrogen-bond donors (Lipinski definition) is 2. The van der Waals surface area contributed by atoms with Gasteiger partial charge >= 0.3 is 6.03 Å². The van der Waals surface area contributed by atoms with Crippen LogP contribution in [0.5, 0.6) is 0 Å². The number of nitrogens with one attached hydrogen (secondary N) is 2. The van der Waals surface area contributed by atoms with E-state index in [4.69, 9.17) is 0 Å². The Morgan fingerprint density at radius 3 is 3.00 bits per heavy atom. The summed E-state index contributed by atoms with van der Waals surface area (Å²) >= 11 is 1.56. The second-order valence-corrected chi connectivity index (χ2v) is 4.82. The number of hydrogen-bond acceptors (Lipinski definition) is 3. The molecule has 2 amide bonds. The maximum absolute atomic E-state index is 11.7. The number of urea groups is 1. The van der Waals surface area contributed by atoms with Crippen molar-refractivity contribution in [1.29, 1.82) is 0 Å². The van der Waals surface area contributed by atoms with E-state index < -0.39 is 0 Å². The molecular formula is C13H12N4OS. The fourth-order valence-electron chi connectivity index (χ4n) is 1.77. The van der Waals surface area contributed by atoms with E-state index in [0.29, 0.717) is 6.54 Å². The third kappa shape index (κ3) is 2.58. The number of fused-ring (bicyclic) bond motifs is 1. The van der Waals surface area contributed by atoms with Crippen molar-refractivity contribution in [2.45, 2.75) is 6.54 Å². The van der Waals surface area contributed by atoms with Gasteiger partial charge in [-0.3, -0.25) is 4.40 Å². The molecule has 3 aromatic rings. The van der Waals surface area contributed by atoms with Crippen LogP contribution in [0.3, 0.4) is 0 Å². The molecule has 3 rings (SSSR count). The highest BCUT2D eigenvalue weighted by atomic mass is 32.1. The SMILES string of the molecule is O=C(NCc1csc2nccn12)Nc1ccccc1. The van der Waals surface area contributed by atoms with Crippen LogP contribution in [0.15, 0.2) is 48.1 Å². The molecule has 0 aliphatic carbocycles. The van der Waals surface area contributed by atoms with Gasteiger partial charge in [-0.15, -0.1) is 11.3 Å². The van der Waals surface area contributed by atoms with Crippen molar-refractivity contribution in [3.63, 3.8) is 0 Å². The van der Waals surface area contributed by atoms with Crippen LogP contribution < -0.4 is 10.6 Å². The number of amides is 2. The highest BCUT2D eigenvalue weighted by Gasteiger charge is 2.06. The van der Waals surface area contributed by atoms with Crippen LogP contribution >= 0.6 is 11.3 Å². The molecule has 1 aromatic carbocycles. The molecule has 0 bridgehead atoms.